The number of halogens is 3. The van der Waals surface area contributed by atoms with Gasteiger partial charge in [-0.15, -0.1) is 0 Å². The number of benzene rings is 1. The average molecular weight is 386 g/mol. The van der Waals surface area contributed by atoms with Crippen molar-refractivity contribution in [2.45, 2.75) is 12.7 Å². The minimum Gasteiger partial charge on any atom is -0.374 e. The number of aliphatic imine (C=N–C) groups is 1. The fourth-order valence-electron chi connectivity index (χ4n) is 2.66. The molecular formula is C19H17F3N6. The van der Waals surface area contributed by atoms with Gasteiger partial charge in [-0.1, -0.05) is 30.3 Å². The quantitative estimate of drug-likeness (QED) is 0.650. The maximum atomic E-state index is 13.1. The molecule has 144 valence electrons. The van der Waals surface area contributed by atoms with Crippen LogP contribution in [0.1, 0.15) is 17.0 Å². The van der Waals surface area contributed by atoms with Gasteiger partial charge in [0.15, 0.2) is 5.69 Å². The van der Waals surface area contributed by atoms with E-state index < -0.39 is 11.9 Å². The Morgan fingerprint density at radius 1 is 1.21 bits per heavy atom. The van der Waals surface area contributed by atoms with Crippen LogP contribution in [0.3, 0.4) is 0 Å². The number of alkyl halides is 3. The first-order valence-corrected chi connectivity index (χ1v) is 8.26. The van der Waals surface area contributed by atoms with Crippen LogP contribution in [0.4, 0.5) is 13.2 Å². The van der Waals surface area contributed by atoms with Gasteiger partial charge in [0.25, 0.3) is 0 Å². The van der Waals surface area contributed by atoms with Gasteiger partial charge in [0.2, 0.25) is 0 Å². The number of pyridine rings is 1. The molecule has 0 fully saturated rings. The molecule has 2 aromatic heterocycles. The normalized spacial score (nSPS) is 12.1. The van der Waals surface area contributed by atoms with Crippen LogP contribution in [0.2, 0.25) is 0 Å². The first-order chi connectivity index (χ1) is 13.4. The molecule has 3 rings (SSSR count). The first kappa shape index (κ1) is 19.3. The molecule has 0 bridgehead atoms. The fraction of sp³-hybridized carbons (Fsp3) is 0.158. The van der Waals surface area contributed by atoms with Gasteiger partial charge in [0.05, 0.1) is 5.69 Å². The number of hydrogen-bond donors (Lipinski definition) is 1. The number of nitrogens with zero attached hydrogens (tertiary/aromatic N) is 5. The number of aromatic nitrogens is 4. The molecule has 9 heteroatoms. The molecule has 2 heterocycles. The van der Waals surface area contributed by atoms with Crippen molar-refractivity contribution in [1.29, 1.82) is 0 Å². The van der Waals surface area contributed by atoms with Gasteiger partial charge in [-0.05, 0) is 24.4 Å². The van der Waals surface area contributed by atoms with E-state index in [9.17, 15) is 13.2 Å². The van der Waals surface area contributed by atoms with Crippen LogP contribution in [0.25, 0.3) is 17.0 Å². The van der Waals surface area contributed by atoms with Gasteiger partial charge in [0, 0.05) is 31.6 Å². The molecule has 0 aliphatic rings. The molecule has 3 aromatic rings. The minimum absolute atomic E-state index is 0.228. The zero-order chi connectivity index (χ0) is 20.1. The molecule has 1 aromatic carbocycles. The molecule has 0 saturated carbocycles. The Kier molecular flexibility index (Phi) is 5.53. The molecule has 0 radical (unpaired) electrons. The molecule has 28 heavy (non-hydrogen) atoms. The first-order valence-electron chi connectivity index (χ1n) is 8.26. The lowest BCUT2D eigenvalue weighted by Gasteiger charge is -2.15. The number of rotatable bonds is 6. The molecule has 0 unspecified atom stereocenters. The van der Waals surface area contributed by atoms with Crippen molar-refractivity contribution >= 4 is 12.4 Å². The van der Waals surface area contributed by atoms with E-state index in [0.29, 0.717) is 17.9 Å². The van der Waals surface area contributed by atoms with Crippen LogP contribution in [0.5, 0.6) is 0 Å². The van der Waals surface area contributed by atoms with Crippen molar-refractivity contribution in [1.82, 2.24) is 25.3 Å². The summed E-state index contributed by atoms with van der Waals surface area (Å²) in [4.78, 5) is 10.1. The molecular weight excluding hydrogens is 369 g/mol. The van der Waals surface area contributed by atoms with Crippen LogP contribution in [-0.4, -0.2) is 39.1 Å². The highest BCUT2D eigenvalue weighted by Gasteiger charge is 2.38. The van der Waals surface area contributed by atoms with Gasteiger partial charge in [-0.2, -0.15) is 28.6 Å². The Balaban J connectivity index is 1.89. The number of nitrogens with one attached hydrogen (secondary N) is 1. The van der Waals surface area contributed by atoms with Crippen molar-refractivity contribution < 1.29 is 13.2 Å². The molecule has 0 spiro atoms. The maximum absolute atomic E-state index is 13.1. The van der Waals surface area contributed by atoms with E-state index >= 15 is 0 Å². The van der Waals surface area contributed by atoms with Crippen molar-refractivity contribution in [3.8, 4) is 11.3 Å². The number of aromatic amines is 1. The predicted octanol–water partition coefficient (Wildman–Crippen LogP) is 4.02. The minimum atomic E-state index is -4.61. The van der Waals surface area contributed by atoms with Crippen LogP contribution >= 0.6 is 0 Å². The highest BCUT2D eigenvalue weighted by atomic mass is 19.4. The fourth-order valence-corrected chi connectivity index (χ4v) is 2.66. The van der Waals surface area contributed by atoms with Gasteiger partial charge in [-0.3, -0.25) is 9.98 Å². The topological polar surface area (TPSA) is 70.1 Å². The summed E-state index contributed by atoms with van der Waals surface area (Å²) in [6.45, 7) is 4.17. The van der Waals surface area contributed by atoms with Crippen LogP contribution in [-0.2, 0) is 12.7 Å². The van der Waals surface area contributed by atoms with E-state index in [1.807, 2.05) is 47.5 Å². The second-order valence-corrected chi connectivity index (χ2v) is 6.02. The third-order valence-corrected chi connectivity index (χ3v) is 3.90. The van der Waals surface area contributed by atoms with Crippen LogP contribution < -0.4 is 0 Å². The summed E-state index contributed by atoms with van der Waals surface area (Å²) >= 11 is 0. The molecule has 0 aliphatic carbocycles. The zero-order valence-electron chi connectivity index (χ0n) is 15.0. The molecule has 6 nitrogen and oxygen atoms in total. The summed E-state index contributed by atoms with van der Waals surface area (Å²) in [5, 5.41) is 8.88. The second kappa shape index (κ2) is 8.03. The third kappa shape index (κ3) is 4.43. The maximum Gasteiger partial charge on any atom is 0.437 e. The Morgan fingerprint density at radius 3 is 2.64 bits per heavy atom. The largest absolute Gasteiger partial charge is 0.437 e. The van der Waals surface area contributed by atoms with Gasteiger partial charge in [0.1, 0.15) is 11.4 Å². The molecule has 0 atom stereocenters. The van der Waals surface area contributed by atoms with Crippen LogP contribution in [0.15, 0.2) is 59.9 Å². The summed E-state index contributed by atoms with van der Waals surface area (Å²) in [5.74, 6) is 0. The van der Waals surface area contributed by atoms with E-state index in [1.165, 1.54) is 18.3 Å². The summed E-state index contributed by atoms with van der Waals surface area (Å²) < 4.78 is 39.3. The Labute approximate surface area is 159 Å². The van der Waals surface area contributed by atoms with Crippen molar-refractivity contribution in [3.05, 3.63) is 71.8 Å². The zero-order valence-corrected chi connectivity index (χ0v) is 15.0. The van der Waals surface area contributed by atoms with Crippen molar-refractivity contribution in [2.75, 3.05) is 7.05 Å². The lowest BCUT2D eigenvalue weighted by molar-refractivity contribution is -0.140. The summed E-state index contributed by atoms with van der Waals surface area (Å²) in [6.07, 6.45) is -1.48. The summed E-state index contributed by atoms with van der Waals surface area (Å²) in [6, 6.07) is 12.7. The smallest absolute Gasteiger partial charge is 0.374 e. The van der Waals surface area contributed by atoms with E-state index in [4.69, 9.17) is 0 Å². The molecule has 0 saturated heterocycles. The van der Waals surface area contributed by atoms with Crippen LogP contribution in [0, 0.1) is 0 Å². The highest BCUT2D eigenvalue weighted by molar-refractivity contribution is 5.70. The average Bonchev–Trinajstić information content (AvgIpc) is 3.17. The van der Waals surface area contributed by atoms with E-state index in [-0.39, 0.29) is 11.3 Å². The Bertz CT molecular complexity index is 979. The molecule has 0 aliphatic heterocycles. The van der Waals surface area contributed by atoms with Crippen molar-refractivity contribution in [3.63, 3.8) is 0 Å². The number of hydrogen-bond acceptors (Lipinski definition) is 5. The SMILES string of the molecule is C=N/C(=C\N(C)Cc1ccccc1)c1cc(-c2n[nH]nc2C(F)(F)F)ccn1. The summed E-state index contributed by atoms with van der Waals surface area (Å²) in [5.41, 5.74) is 0.760. The van der Waals surface area contributed by atoms with Gasteiger partial charge < -0.3 is 4.90 Å². The second-order valence-electron chi connectivity index (χ2n) is 6.02. The van der Waals surface area contributed by atoms with E-state index in [1.54, 1.807) is 6.20 Å². The van der Waals surface area contributed by atoms with E-state index in [2.05, 4.69) is 26.9 Å². The Hall–Kier alpha value is -3.49. The molecule has 1 N–H and O–H groups in total. The lowest BCUT2D eigenvalue weighted by Crippen LogP contribution is -2.11. The predicted molar refractivity (Wildman–Crippen MR) is 100 cm³/mol. The van der Waals surface area contributed by atoms with Gasteiger partial charge >= 0.3 is 6.18 Å². The monoisotopic (exact) mass is 386 g/mol. The highest BCUT2D eigenvalue weighted by Crippen LogP contribution is 2.34. The van der Waals surface area contributed by atoms with Gasteiger partial charge in [-0.25, -0.2) is 0 Å². The lowest BCUT2D eigenvalue weighted by atomic mass is 10.1. The molecule has 0 amide bonds. The summed E-state index contributed by atoms with van der Waals surface area (Å²) in [7, 11) is 1.86. The van der Waals surface area contributed by atoms with E-state index in [0.717, 1.165) is 5.56 Å². The van der Waals surface area contributed by atoms with Crippen molar-refractivity contribution in [2.24, 2.45) is 4.99 Å². The third-order valence-electron chi connectivity index (χ3n) is 3.90. The standard InChI is InChI=1S/C19H17F3N6/c1-23-16(12-28(2)11-13-6-4-3-5-7-13)15-10-14(8-9-24-15)17-18(19(20,21)22)26-27-25-17/h3-10,12H,1,11H2,2H3,(H,25,26,27)/b16-12-. The number of H-pyrrole nitrogens is 1. The Morgan fingerprint density at radius 2 is 1.96 bits per heavy atom.